The molecule has 5 aliphatic rings. The molecular weight excluding hydrogens is 540 g/mol. The minimum Gasteiger partial charge on any atom is -0.494 e. The third-order valence-electron chi connectivity index (χ3n) is 10.9. The summed E-state index contributed by atoms with van der Waals surface area (Å²) >= 11 is 0. The maximum Gasteiger partial charge on any atom is 0.232 e. The van der Waals surface area contributed by atoms with Crippen molar-refractivity contribution >= 4 is 34.7 Å². The molecule has 10 heteroatoms. The SMILES string of the molecule is COc1cc(N2CCC(N3CCN(C)CC3)CC2)ccc1Nc1ncc2c(n1)N(C1CCCC1)[C@@H]1CCC[C@@H]1C(=O)N2C. The van der Waals surface area contributed by atoms with Gasteiger partial charge in [-0.05, 0) is 57.7 Å². The molecule has 0 bridgehead atoms. The van der Waals surface area contributed by atoms with E-state index in [1.54, 1.807) is 12.0 Å². The molecule has 4 heterocycles. The highest BCUT2D eigenvalue weighted by atomic mass is 16.5. The van der Waals surface area contributed by atoms with Gasteiger partial charge < -0.3 is 29.7 Å². The van der Waals surface area contributed by atoms with Crippen molar-refractivity contribution in [3.8, 4) is 5.75 Å². The second-order valence-corrected chi connectivity index (χ2v) is 13.3. The zero-order valence-electron chi connectivity index (χ0n) is 26.2. The summed E-state index contributed by atoms with van der Waals surface area (Å²) in [5.41, 5.74) is 2.86. The fraction of sp³-hybridized carbons (Fsp3) is 0.667. The molecule has 10 nitrogen and oxygen atoms in total. The van der Waals surface area contributed by atoms with Crippen molar-refractivity contribution in [2.45, 2.75) is 75.9 Å². The Hall–Kier alpha value is -3.11. The molecule has 3 aliphatic heterocycles. The highest BCUT2D eigenvalue weighted by Crippen LogP contribution is 2.45. The van der Waals surface area contributed by atoms with Crippen LogP contribution in [-0.4, -0.2) is 104 Å². The van der Waals surface area contributed by atoms with E-state index in [1.165, 1.54) is 57.5 Å². The van der Waals surface area contributed by atoms with E-state index >= 15 is 0 Å². The Morgan fingerprint density at radius 1 is 0.884 bits per heavy atom. The van der Waals surface area contributed by atoms with Gasteiger partial charge in [-0.3, -0.25) is 9.69 Å². The van der Waals surface area contributed by atoms with Crippen LogP contribution in [0, 0.1) is 5.92 Å². The van der Waals surface area contributed by atoms with Crippen molar-refractivity contribution in [2.75, 3.05) is 80.5 Å². The predicted octanol–water partition coefficient (Wildman–Crippen LogP) is 4.34. The first-order valence-corrected chi connectivity index (χ1v) is 16.6. The van der Waals surface area contributed by atoms with Crippen LogP contribution in [0.3, 0.4) is 0 Å². The Labute approximate surface area is 256 Å². The van der Waals surface area contributed by atoms with Gasteiger partial charge in [-0.2, -0.15) is 4.98 Å². The molecule has 4 fully saturated rings. The van der Waals surface area contributed by atoms with Gasteiger partial charge in [-0.15, -0.1) is 0 Å². The second-order valence-electron chi connectivity index (χ2n) is 13.3. The number of likely N-dealkylation sites (N-methyl/N-ethyl adjacent to an activating group) is 1. The number of carbonyl (C=O) groups is 1. The van der Waals surface area contributed by atoms with Crippen LogP contribution in [0.5, 0.6) is 5.75 Å². The molecule has 7 rings (SSSR count). The lowest BCUT2D eigenvalue weighted by Gasteiger charge is -2.42. The first-order valence-electron chi connectivity index (χ1n) is 16.6. The molecule has 2 atom stereocenters. The zero-order chi connectivity index (χ0) is 29.5. The summed E-state index contributed by atoms with van der Waals surface area (Å²) in [4.78, 5) is 35.2. The summed E-state index contributed by atoms with van der Waals surface area (Å²) in [5, 5.41) is 3.47. The normalized spacial score (nSPS) is 26.0. The number of amides is 1. The quantitative estimate of drug-likeness (QED) is 0.530. The second kappa shape index (κ2) is 12.1. The molecule has 0 unspecified atom stereocenters. The van der Waals surface area contributed by atoms with E-state index in [1.807, 2.05) is 13.2 Å². The molecular formula is C33H48N8O2. The number of carbonyl (C=O) groups excluding carboxylic acids is 1. The minimum absolute atomic E-state index is 0.0375. The van der Waals surface area contributed by atoms with Crippen molar-refractivity contribution in [1.82, 2.24) is 19.8 Å². The van der Waals surface area contributed by atoms with Crippen LogP contribution >= 0.6 is 0 Å². The van der Waals surface area contributed by atoms with Gasteiger partial charge in [-0.1, -0.05) is 19.3 Å². The lowest BCUT2D eigenvalue weighted by Crippen LogP contribution is -2.52. The maximum atomic E-state index is 13.5. The number of methoxy groups -OCH3 is 1. The molecule has 0 spiro atoms. The van der Waals surface area contributed by atoms with Crippen LogP contribution in [0.1, 0.15) is 57.8 Å². The third-order valence-corrected chi connectivity index (χ3v) is 10.9. The zero-order valence-corrected chi connectivity index (χ0v) is 26.2. The lowest BCUT2D eigenvalue weighted by atomic mass is 9.99. The Balaban J connectivity index is 1.10. The molecule has 2 aromatic rings. The van der Waals surface area contributed by atoms with Crippen LogP contribution in [0.4, 0.5) is 28.8 Å². The summed E-state index contributed by atoms with van der Waals surface area (Å²) in [6, 6.07) is 7.76. The first-order chi connectivity index (χ1) is 21.0. The number of nitrogens with zero attached hydrogens (tertiary/aromatic N) is 7. The van der Waals surface area contributed by atoms with Gasteiger partial charge in [0.05, 0.1) is 24.9 Å². The van der Waals surface area contributed by atoms with Crippen LogP contribution < -0.4 is 24.8 Å². The minimum atomic E-state index is 0.0375. The molecule has 2 saturated carbocycles. The summed E-state index contributed by atoms with van der Waals surface area (Å²) < 4.78 is 5.88. The van der Waals surface area contributed by atoms with Gasteiger partial charge in [0.2, 0.25) is 11.9 Å². The van der Waals surface area contributed by atoms with E-state index in [-0.39, 0.29) is 17.9 Å². The first kappa shape index (κ1) is 28.6. The number of fused-ring (bicyclic) bond motifs is 2. The summed E-state index contributed by atoms with van der Waals surface area (Å²) in [7, 11) is 5.84. The van der Waals surface area contributed by atoms with Crippen molar-refractivity contribution in [2.24, 2.45) is 5.92 Å². The topological polar surface area (TPSA) is 80.3 Å². The van der Waals surface area contributed by atoms with Gasteiger partial charge in [0, 0.05) is 76.2 Å². The van der Waals surface area contributed by atoms with Gasteiger partial charge in [0.1, 0.15) is 11.4 Å². The summed E-state index contributed by atoms with van der Waals surface area (Å²) in [6.45, 7) is 6.85. The number of aromatic nitrogens is 2. The van der Waals surface area contributed by atoms with Crippen molar-refractivity contribution in [3.05, 3.63) is 24.4 Å². The Bertz CT molecular complexity index is 1300. The number of anilines is 5. The molecule has 2 aliphatic carbocycles. The monoisotopic (exact) mass is 588 g/mol. The lowest BCUT2D eigenvalue weighted by molar-refractivity contribution is -0.122. The molecule has 1 N–H and O–H groups in total. The van der Waals surface area contributed by atoms with Crippen LogP contribution in [-0.2, 0) is 4.79 Å². The number of piperidine rings is 1. The van der Waals surface area contributed by atoms with Crippen molar-refractivity contribution in [1.29, 1.82) is 0 Å². The molecule has 232 valence electrons. The maximum absolute atomic E-state index is 13.5. The van der Waals surface area contributed by atoms with Gasteiger partial charge in [-0.25, -0.2) is 4.98 Å². The smallest absolute Gasteiger partial charge is 0.232 e. The standard InChI is InChI=1S/C33H48N8O2/c1-37-17-19-40(20-18-37)23-13-15-39(16-14-23)25-11-12-27(30(21-25)43-3)35-33-34-22-29-31(36-33)41(24-7-4-5-8-24)28-10-6-9-26(28)32(42)38(29)2/h11-12,21-24,26,28H,4-10,13-20H2,1-3H3,(H,34,35,36)/t26-,28+/m0/s1. The fourth-order valence-corrected chi connectivity index (χ4v) is 8.34. The largest absolute Gasteiger partial charge is 0.494 e. The summed E-state index contributed by atoms with van der Waals surface area (Å²) in [5.74, 6) is 2.47. The number of rotatable bonds is 6. The van der Waals surface area contributed by atoms with Crippen LogP contribution in [0.2, 0.25) is 0 Å². The number of piperazine rings is 1. The third kappa shape index (κ3) is 5.52. The van der Waals surface area contributed by atoms with Crippen LogP contribution in [0.25, 0.3) is 0 Å². The van der Waals surface area contributed by atoms with E-state index < -0.39 is 0 Å². The highest BCUT2D eigenvalue weighted by molar-refractivity contribution is 5.99. The average molecular weight is 589 g/mol. The molecule has 2 saturated heterocycles. The Kier molecular flexibility index (Phi) is 8.07. The number of ether oxygens (including phenoxy) is 1. The predicted molar refractivity (Wildman–Crippen MR) is 172 cm³/mol. The number of hydrogen-bond donors (Lipinski definition) is 1. The Morgan fingerprint density at radius 3 is 2.40 bits per heavy atom. The van der Waals surface area contributed by atoms with E-state index in [9.17, 15) is 4.79 Å². The fourth-order valence-electron chi connectivity index (χ4n) is 8.34. The molecule has 1 aromatic carbocycles. The van der Waals surface area contributed by atoms with E-state index in [2.05, 4.69) is 50.2 Å². The highest BCUT2D eigenvalue weighted by Gasteiger charge is 2.46. The number of nitrogens with one attached hydrogen (secondary N) is 1. The molecule has 0 radical (unpaired) electrons. The van der Waals surface area contributed by atoms with Crippen LogP contribution in [0.15, 0.2) is 24.4 Å². The molecule has 1 amide bonds. The van der Waals surface area contributed by atoms with Crippen molar-refractivity contribution in [3.63, 3.8) is 0 Å². The number of hydrogen-bond acceptors (Lipinski definition) is 9. The van der Waals surface area contributed by atoms with Gasteiger partial charge >= 0.3 is 0 Å². The number of benzene rings is 1. The summed E-state index contributed by atoms with van der Waals surface area (Å²) in [6.07, 6.45) is 12.1. The van der Waals surface area contributed by atoms with Gasteiger partial charge in [0.15, 0.2) is 5.82 Å². The molecule has 1 aromatic heterocycles. The van der Waals surface area contributed by atoms with E-state index in [0.29, 0.717) is 18.0 Å². The van der Waals surface area contributed by atoms with E-state index in [4.69, 9.17) is 14.7 Å². The van der Waals surface area contributed by atoms with Gasteiger partial charge in [0.25, 0.3) is 0 Å². The van der Waals surface area contributed by atoms with Crippen molar-refractivity contribution < 1.29 is 9.53 Å². The average Bonchev–Trinajstić information content (AvgIpc) is 3.74. The Morgan fingerprint density at radius 2 is 1.65 bits per heavy atom. The van der Waals surface area contributed by atoms with E-state index in [0.717, 1.165) is 68.1 Å². The molecule has 43 heavy (non-hydrogen) atoms.